The molecule has 224 valence electrons. The first kappa shape index (κ1) is 31.4. The SMILES string of the molecule is COC(=O)/C=C/CC[C@H](NC(=O)/C(N)=C/NN)C(=O)Nc1cccn(CC(=O)NC2C(C)CC3CCCC2C3)c1=O. The molecule has 2 aliphatic carbocycles. The Morgan fingerprint density at radius 3 is 2.73 bits per heavy atom. The Bertz CT molecular complexity index is 1220. The van der Waals surface area contributed by atoms with Crippen molar-refractivity contribution in [2.45, 2.75) is 70.5 Å². The highest BCUT2D eigenvalue weighted by molar-refractivity contribution is 6.00. The largest absolute Gasteiger partial charge is 0.466 e. The van der Waals surface area contributed by atoms with Gasteiger partial charge in [0.15, 0.2) is 0 Å². The molecule has 0 spiro atoms. The molecule has 1 aromatic rings. The van der Waals surface area contributed by atoms with Gasteiger partial charge in [0.25, 0.3) is 11.5 Å². The fraction of sp³-hybridized carbons (Fsp3) is 0.536. The number of pyridine rings is 1. The number of aromatic nitrogens is 1. The lowest BCUT2D eigenvalue weighted by atomic mass is 9.65. The number of carbonyl (C=O) groups excluding carboxylic acids is 4. The molecule has 41 heavy (non-hydrogen) atoms. The maximum absolute atomic E-state index is 13.1. The van der Waals surface area contributed by atoms with E-state index in [0.717, 1.165) is 31.4 Å². The third-order valence-corrected chi connectivity index (χ3v) is 7.77. The Morgan fingerprint density at radius 1 is 1.22 bits per heavy atom. The predicted octanol–water partition coefficient (Wildman–Crippen LogP) is 0.375. The van der Waals surface area contributed by atoms with Crippen LogP contribution in [0.4, 0.5) is 5.69 Å². The van der Waals surface area contributed by atoms with Crippen LogP contribution >= 0.6 is 0 Å². The first-order valence-corrected chi connectivity index (χ1v) is 13.9. The number of nitrogens with two attached hydrogens (primary N) is 2. The molecule has 1 aromatic heterocycles. The van der Waals surface area contributed by atoms with E-state index < -0.39 is 29.4 Å². The zero-order chi connectivity index (χ0) is 29.9. The van der Waals surface area contributed by atoms with Crippen LogP contribution in [0.1, 0.15) is 51.9 Å². The van der Waals surface area contributed by atoms with Crippen molar-refractivity contribution in [1.82, 2.24) is 20.6 Å². The fourth-order valence-corrected chi connectivity index (χ4v) is 5.81. The summed E-state index contributed by atoms with van der Waals surface area (Å²) in [5, 5.41) is 8.19. The number of hydrazine groups is 1. The molecule has 2 saturated carbocycles. The van der Waals surface area contributed by atoms with E-state index in [4.69, 9.17) is 11.6 Å². The molecule has 0 radical (unpaired) electrons. The fourth-order valence-electron chi connectivity index (χ4n) is 5.81. The highest BCUT2D eigenvalue weighted by Crippen LogP contribution is 2.42. The van der Waals surface area contributed by atoms with Crippen LogP contribution in [0.3, 0.4) is 0 Å². The Labute approximate surface area is 239 Å². The van der Waals surface area contributed by atoms with Crippen molar-refractivity contribution in [2.75, 3.05) is 12.4 Å². The van der Waals surface area contributed by atoms with Crippen LogP contribution in [-0.2, 0) is 30.5 Å². The summed E-state index contributed by atoms with van der Waals surface area (Å²) in [6.07, 6.45) is 11.3. The van der Waals surface area contributed by atoms with Crippen LogP contribution in [0.5, 0.6) is 0 Å². The summed E-state index contributed by atoms with van der Waals surface area (Å²) in [5.41, 5.74) is 6.91. The van der Waals surface area contributed by atoms with E-state index in [1.54, 1.807) is 6.07 Å². The molecule has 3 rings (SSSR count). The van der Waals surface area contributed by atoms with Gasteiger partial charge < -0.3 is 36.4 Å². The Kier molecular flexibility index (Phi) is 11.5. The monoisotopic (exact) mass is 571 g/mol. The van der Waals surface area contributed by atoms with Crippen LogP contribution < -0.4 is 38.5 Å². The molecule has 3 amide bonds. The zero-order valence-corrected chi connectivity index (χ0v) is 23.6. The van der Waals surface area contributed by atoms with Gasteiger partial charge in [-0.2, -0.15) is 0 Å². The average molecular weight is 572 g/mol. The van der Waals surface area contributed by atoms with Crippen LogP contribution in [0, 0.1) is 17.8 Å². The number of methoxy groups -OCH3 is 1. The van der Waals surface area contributed by atoms with Gasteiger partial charge in [0, 0.05) is 24.5 Å². The van der Waals surface area contributed by atoms with Crippen molar-refractivity contribution < 1.29 is 23.9 Å². The molecule has 8 N–H and O–H groups in total. The topological polar surface area (TPSA) is 200 Å². The van der Waals surface area contributed by atoms with Gasteiger partial charge in [-0.25, -0.2) is 4.79 Å². The van der Waals surface area contributed by atoms with Gasteiger partial charge in [0.1, 0.15) is 24.0 Å². The van der Waals surface area contributed by atoms with Gasteiger partial charge in [-0.15, -0.1) is 0 Å². The molecule has 0 aliphatic heterocycles. The summed E-state index contributed by atoms with van der Waals surface area (Å²) in [7, 11) is 1.24. The Hall–Kier alpha value is -4.13. The van der Waals surface area contributed by atoms with Gasteiger partial charge in [-0.05, 0) is 62.0 Å². The second kappa shape index (κ2) is 15.0. The van der Waals surface area contributed by atoms with Gasteiger partial charge >= 0.3 is 5.97 Å². The van der Waals surface area contributed by atoms with E-state index in [1.165, 1.54) is 48.9 Å². The number of carbonyl (C=O) groups is 4. The number of esters is 1. The quantitative estimate of drug-likeness (QED) is 0.0888. The zero-order valence-electron chi connectivity index (χ0n) is 23.6. The molecule has 0 saturated heterocycles. The Morgan fingerprint density at radius 2 is 2.00 bits per heavy atom. The standard InChI is InChI=1S/C28H41N7O6/c1-17-13-18-7-5-8-19(14-18)25(17)34-23(36)16-35-12-6-10-22(28(35)40)33-27(39)21(9-3-4-11-24(37)41-2)32-26(38)20(29)15-31-30/h4,6,10-12,15,17-19,21,25,31H,3,5,7-9,13-14,16,29-30H2,1-2H3,(H,32,38)(H,33,39)(H,34,36)/b11-4+,20-15-/t17?,18?,19?,21-,25?/m0/s1. The van der Waals surface area contributed by atoms with E-state index >= 15 is 0 Å². The number of allylic oxidation sites excluding steroid dienone is 1. The van der Waals surface area contributed by atoms with E-state index in [1.807, 2.05) is 0 Å². The van der Waals surface area contributed by atoms with Gasteiger partial charge in [-0.3, -0.25) is 25.0 Å². The highest BCUT2D eigenvalue weighted by Gasteiger charge is 2.38. The number of amides is 3. The highest BCUT2D eigenvalue weighted by atomic mass is 16.5. The maximum Gasteiger partial charge on any atom is 0.330 e. The van der Waals surface area contributed by atoms with E-state index in [2.05, 4.69) is 33.0 Å². The number of anilines is 1. The summed E-state index contributed by atoms with van der Waals surface area (Å²) >= 11 is 0. The van der Waals surface area contributed by atoms with Crippen LogP contribution in [-0.4, -0.2) is 47.5 Å². The molecular weight excluding hydrogens is 530 g/mol. The molecule has 0 aromatic carbocycles. The summed E-state index contributed by atoms with van der Waals surface area (Å²) in [6, 6.07) is 1.95. The summed E-state index contributed by atoms with van der Waals surface area (Å²) in [5.74, 6) is 4.48. The second-order valence-corrected chi connectivity index (χ2v) is 10.7. The van der Waals surface area contributed by atoms with Crippen LogP contribution in [0.25, 0.3) is 0 Å². The third kappa shape index (κ3) is 8.93. The van der Waals surface area contributed by atoms with Crippen molar-refractivity contribution in [1.29, 1.82) is 0 Å². The molecule has 1 heterocycles. The summed E-state index contributed by atoms with van der Waals surface area (Å²) in [4.78, 5) is 63.0. The lowest BCUT2D eigenvalue weighted by Gasteiger charge is -2.44. The van der Waals surface area contributed by atoms with Gasteiger partial charge in [0.2, 0.25) is 11.8 Å². The molecule has 13 nitrogen and oxygen atoms in total. The number of nitrogens with zero attached hydrogens (tertiary/aromatic N) is 1. The number of hydrogen-bond donors (Lipinski definition) is 6. The molecule has 4 unspecified atom stereocenters. The van der Waals surface area contributed by atoms with Gasteiger partial charge in [-0.1, -0.05) is 25.8 Å². The van der Waals surface area contributed by atoms with Crippen LogP contribution in [0.2, 0.25) is 0 Å². The number of rotatable bonds is 12. The first-order chi connectivity index (χ1) is 19.6. The van der Waals surface area contributed by atoms with Crippen molar-refractivity contribution in [3.8, 4) is 0 Å². The second-order valence-electron chi connectivity index (χ2n) is 10.7. The predicted molar refractivity (Wildman–Crippen MR) is 152 cm³/mol. The van der Waals surface area contributed by atoms with E-state index in [-0.39, 0.29) is 42.7 Å². The van der Waals surface area contributed by atoms with Crippen molar-refractivity contribution >= 4 is 29.4 Å². The molecule has 2 aliphatic rings. The normalized spacial score (nSPS) is 22.9. The average Bonchev–Trinajstić information content (AvgIpc) is 2.94. The lowest BCUT2D eigenvalue weighted by molar-refractivity contribution is -0.134. The van der Waals surface area contributed by atoms with E-state index in [9.17, 15) is 24.0 Å². The number of hydrogen-bond acceptors (Lipinski definition) is 9. The van der Waals surface area contributed by atoms with Crippen molar-refractivity contribution in [3.63, 3.8) is 0 Å². The van der Waals surface area contributed by atoms with E-state index in [0.29, 0.717) is 11.8 Å². The molecular formula is C28H41N7O6. The van der Waals surface area contributed by atoms with Crippen molar-refractivity contribution in [2.24, 2.45) is 29.3 Å². The minimum Gasteiger partial charge on any atom is -0.466 e. The molecule has 5 atom stereocenters. The minimum absolute atomic E-state index is 0.0528. The summed E-state index contributed by atoms with van der Waals surface area (Å²) in [6.45, 7) is 1.99. The smallest absolute Gasteiger partial charge is 0.330 e. The minimum atomic E-state index is -1.11. The number of ether oxygens (including phenoxy) is 1. The number of nitrogens with one attached hydrogen (secondary N) is 4. The molecule has 2 bridgehead atoms. The maximum atomic E-state index is 13.1. The van der Waals surface area contributed by atoms with Gasteiger partial charge in [0.05, 0.1) is 7.11 Å². The number of fused-ring (bicyclic) bond motifs is 2. The van der Waals surface area contributed by atoms with Crippen molar-refractivity contribution in [3.05, 3.63) is 52.7 Å². The molecule has 13 heteroatoms. The third-order valence-electron chi connectivity index (χ3n) is 7.77. The molecule has 2 fully saturated rings. The lowest BCUT2D eigenvalue weighted by Crippen LogP contribution is -2.50. The van der Waals surface area contributed by atoms with Crippen LogP contribution in [0.15, 0.2) is 47.2 Å². The summed E-state index contributed by atoms with van der Waals surface area (Å²) < 4.78 is 5.78. The Balaban J connectivity index is 1.68. The first-order valence-electron chi connectivity index (χ1n) is 13.9.